The second kappa shape index (κ2) is 8.79. The maximum atomic E-state index is 11.9. The zero-order valence-corrected chi connectivity index (χ0v) is 15.9. The lowest BCUT2D eigenvalue weighted by atomic mass is 10.2. The molecule has 3 rings (SSSR count). The van der Waals surface area contributed by atoms with Crippen molar-refractivity contribution in [2.45, 2.75) is 19.4 Å². The molecule has 0 saturated heterocycles. The highest BCUT2D eigenvalue weighted by Crippen LogP contribution is 2.27. The van der Waals surface area contributed by atoms with E-state index in [-0.39, 0.29) is 31.1 Å². The van der Waals surface area contributed by atoms with Gasteiger partial charge in [0.1, 0.15) is 5.75 Å². The van der Waals surface area contributed by atoms with Crippen molar-refractivity contribution in [3.05, 3.63) is 51.5 Å². The summed E-state index contributed by atoms with van der Waals surface area (Å²) in [6, 6.07) is 10.5. The van der Waals surface area contributed by atoms with Gasteiger partial charge in [-0.15, -0.1) is 11.3 Å². The van der Waals surface area contributed by atoms with E-state index in [2.05, 4.69) is 10.1 Å². The molecule has 0 aliphatic carbocycles. The van der Waals surface area contributed by atoms with Crippen LogP contribution < -0.4 is 4.74 Å². The minimum absolute atomic E-state index is 0.0398. The first kappa shape index (κ1) is 19.1. The SMILES string of the molecule is COc1ccccc1-c1noc(COC(=O)CCC(=O)c2ccc(Cl)s2)n1. The van der Waals surface area contributed by atoms with Gasteiger partial charge in [0.2, 0.25) is 5.82 Å². The summed E-state index contributed by atoms with van der Waals surface area (Å²) in [5.41, 5.74) is 0.668. The highest BCUT2D eigenvalue weighted by molar-refractivity contribution is 7.18. The Morgan fingerprint density at radius 1 is 1.19 bits per heavy atom. The van der Waals surface area contributed by atoms with E-state index in [4.69, 9.17) is 25.6 Å². The molecular weight excluding hydrogens is 392 g/mol. The number of hydrogen-bond donors (Lipinski definition) is 0. The first-order valence-corrected chi connectivity index (χ1v) is 9.16. The summed E-state index contributed by atoms with van der Waals surface area (Å²) < 4.78 is 16.0. The molecule has 0 unspecified atom stereocenters. The average Bonchev–Trinajstić information content (AvgIpc) is 3.33. The van der Waals surface area contributed by atoms with Crippen LogP contribution in [0.2, 0.25) is 4.34 Å². The van der Waals surface area contributed by atoms with Gasteiger partial charge in [-0.1, -0.05) is 28.9 Å². The molecule has 7 nitrogen and oxygen atoms in total. The molecule has 9 heteroatoms. The molecule has 2 heterocycles. The lowest BCUT2D eigenvalue weighted by Gasteiger charge is -2.03. The number of carbonyl (C=O) groups excluding carboxylic acids is 2. The van der Waals surface area contributed by atoms with Crippen LogP contribution in [0.4, 0.5) is 0 Å². The molecule has 0 amide bonds. The van der Waals surface area contributed by atoms with Crippen LogP contribution in [-0.4, -0.2) is 29.0 Å². The van der Waals surface area contributed by atoms with E-state index in [1.165, 1.54) is 11.3 Å². The van der Waals surface area contributed by atoms with Crippen LogP contribution in [0.1, 0.15) is 28.4 Å². The van der Waals surface area contributed by atoms with E-state index in [1.807, 2.05) is 12.1 Å². The van der Waals surface area contributed by atoms with Crippen molar-refractivity contribution in [3.8, 4) is 17.1 Å². The van der Waals surface area contributed by atoms with Gasteiger partial charge in [0, 0.05) is 6.42 Å². The quantitative estimate of drug-likeness (QED) is 0.409. The maximum absolute atomic E-state index is 11.9. The fourth-order valence-corrected chi connectivity index (χ4v) is 3.28. The number of methoxy groups -OCH3 is 1. The van der Waals surface area contributed by atoms with Crippen molar-refractivity contribution in [1.82, 2.24) is 10.1 Å². The molecule has 0 saturated carbocycles. The van der Waals surface area contributed by atoms with Gasteiger partial charge in [0.05, 0.1) is 28.3 Å². The number of hydrogen-bond acceptors (Lipinski definition) is 8. The van der Waals surface area contributed by atoms with E-state index < -0.39 is 5.97 Å². The van der Waals surface area contributed by atoms with Gasteiger partial charge >= 0.3 is 5.97 Å². The molecule has 140 valence electrons. The van der Waals surface area contributed by atoms with Gasteiger partial charge < -0.3 is 14.0 Å². The first-order chi connectivity index (χ1) is 13.1. The van der Waals surface area contributed by atoms with Crippen LogP contribution in [-0.2, 0) is 16.1 Å². The normalized spacial score (nSPS) is 10.6. The number of aromatic nitrogens is 2. The lowest BCUT2D eigenvalue weighted by Crippen LogP contribution is -2.07. The van der Waals surface area contributed by atoms with E-state index in [0.29, 0.717) is 26.4 Å². The number of thiophene rings is 1. The number of benzene rings is 1. The van der Waals surface area contributed by atoms with Gasteiger partial charge in [-0.05, 0) is 24.3 Å². The van der Waals surface area contributed by atoms with E-state index in [1.54, 1.807) is 31.4 Å². The lowest BCUT2D eigenvalue weighted by molar-refractivity contribution is -0.145. The van der Waals surface area contributed by atoms with Gasteiger partial charge in [-0.3, -0.25) is 9.59 Å². The number of ether oxygens (including phenoxy) is 2. The highest BCUT2D eigenvalue weighted by Gasteiger charge is 2.16. The highest BCUT2D eigenvalue weighted by atomic mass is 35.5. The van der Waals surface area contributed by atoms with Crippen LogP contribution in [0.15, 0.2) is 40.9 Å². The molecule has 0 aliphatic heterocycles. The molecule has 0 radical (unpaired) electrons. The molecule has 1 aromatic carbocycles. The van der Waals surface area contributed by atoms with Crippen LogP contribution in [0.25, 0.3) is 11.4 Å². The number of esters is 1. The predicted octanol–water partition coefficient (Wildman–Crippen LogP) is 4.17. The number of ketones is 1. The molecule has 27 heavy (non-hydrogen) atoms. The van der Waals surface area contributed by atoms with Crippen LogP contribution >= 0.6 is 22.9 Å². The maximum Gasteiger partial charge on any atom is 0.306 e. The molecular formula is C18H15ClN2O5S. The Balaban J connectivity index is 1.51. The van der Waals surface area contributed by atoms with Crippen molar-refractivity contribution in [2.75, 3.05) is 7.11 Å². The summed E-state index contributed by atoms with van der Waals surface area (Å²) in [6.07, 6.45) is 0.00777. The molecule has 2 aromatic heterocycles. The molecule has 0 bridgehead atoms. The summed E-state index contributed by atoms with van der Waals surface area (Å²) in [7, 11) is 1.55. The van der Waals surface area contributed by atoms with Crippen molar-refractivity contribution in [2.24, 2.45) is 0 Å². The number of rotatable bonds is 8. The topological polar surface area (TPSA) is 91.5 Å². The molecule has 0 N–H and O–H groups in total. The second-order valence-corrected chi connectivity index (χ2v) is 7.11. The zero-order valence-electron chi connectivity index (χ0n) is 14.3. The Hall–Kier alpha value is -2.71. The summed E-state index contributed by atoms with van der Waals surface area (Å²) in [5, 5.41) is 3.87. The first-order valence-electron chi connectivity index (χ1n) is 7.97. The largest absolute Gasteiger partial charge is 0.496 e. The molecule has 0 spiro atoms. The monoisotopic (exact) mass is 406 g/mol. The smallest absolute Gasteiger partial charge is 0.306 e. The van der Waals surface area contributed by atoms with Gasteiger partial charge in [-0.2, -0.15) is 4.98 Å². The number of Topliss-reactive ketones (excluding diaryl/α,β-unsaturated/α-hetero) is 1. The number of nitrogens with zero attached hydrogens (tertiary/aromatic N) is 2. The molecule has 3 aromatic rings. The van der Waals surface area contributed by atoms with Gasteiger partial charge in [-0.25, -0.2) is 0 Å². The van der Waals surface area contributed by atoms with Crippen molar-refractivity contribution in [3.63, 3.8) is 0 Å². The number of halogens is 1. The van der Waals surface area contributed by atoms with Crippen LogP contribution in [0.3, 0.4) is 0 Å². The number of carbonyl (C=O) groups is 2. The van der Waals surface area contributed by atoms with Crippen molar-refractivity contribution in [1.29, 1.82) is 0 Å². The minimum Gasteiger partial charge on any atom is -0.496 e. The van der Waals surface area contributed by atoms with E-state index in [9.17, 15) is 9.59 Å². The van der Waals surface area contributed by atoms with E-state index in [0.717, 1.165) is 0 Å². The second-order valence-electron chi connectivity index (χ2n) is 5.40. The average molecular weight is 407 g/mol. The van der Waals surface area contributed by atoms with E-state index >= 15 is 0 Å². The fraction of sp³-hybridized carbons (Fsp3) is 0.222. The summed E-state index contributed by atoms with van der Waals surface area (Å²) in [6.45, 7) is -0.167. The summed E-state index contributed by atoms with van der Waals surface area (Å²) in [5.74, 6) is 0.418. The fourth-order valence-electron chi connectivity index (χ4n) is 2.27. The zero-order chi connectivity index (χ0) is 19.2. The summed E-state index contributed by atoms with van der Waals surface area (Å²) >= 11 is 6.98. The molecule has 0 aliphatic rings. The Morgan fingerprint density at radius 2 is 2.00 bits per heavy atom. The van der Waals surface area contributed by atoms with Crippen molar-refractivity contribution < 1.29 is 23.6 Å². The van der Waals surface area contributed by atoms with Crippen LogP contribution in [0, 0.1) is 0 Å². The van der Waals surface area contributed by atoms with Gasteiger partial charge in [0.15, 0.2) is 12.4 Å². The molecule has 0 atom stereocenters. The molecule has 0 fully saturated rings. The number of para-hydroxylation sites is 1. The predicted molar refractivity (Wildman–Crippen MR) is 99.0 cm³/mol. The third-order valence-corrected chi connectivity index (χ3v) is 4.85. The standard InChI is InChI=1S/C18H15ClN2O5S/c1-24-13-5-3-2-4-11(13)18-20-16(26-21-18)10-25-17(23)9-6-12(22)14-7-8-15(19)27-14/h2-5,7-8H,6,9-10H2,1H3. The Kier molecular flexibility index (Phi) is 6.20. The third-order valence-electron chi connectivity index (χ3n) is 3.58. The Labute approximate surface area is 163 Å². The Morgan fingerprint density at radius 3 is 2.74 bits per heavy atom. The Bertz CT molecular complexity index is 953. The van der Waals surface area contributed by atoms with Crippen LogP contribution in [0.5, 0.6) is 5.75 Å². The minimum atomic E-state index is -0.525. The van der Waals surface area contributed by atoms with Gasteiger partial charge in [0.25, 0.3) is 5.89 Å². The third kappa shape index (κ3) is 4.93. The summed E-state index contributed by atoms with van der Waals surface area (Å²) in [4.78, 5) is 28.5. The van der Waals surface area contributed by atoms with Crippen molar-refractivity contribution >= 4 is 34.7 Å².